The Balaban J connectivity index is 1.40. The van der Waals surface area contributed by atoms with Crippen LogP contribution in [0.3, 0.4) is 0 Å². The van der Waals surface area contributed by atoms with Crippen LogP contribution in [0.15, 0.2) is 66.7 Å². The van der Waals surface area contributed by atoms with Crippen molar-refractivity contribution in [3.8, 4) is 28.8 Å². The van der Waals surface area contributed by atoms with Crippen LogP contribution in [-0.2, 0) is 28.5 Å². The maximum atomic E-state index is 13.2. The number of ether oxygens (including phenoxy) is 2. The van der Waals surface area contributed by atoms with Gasteiger partial charge in [0.15, 0.2) is 6.61 Å². The molecule has 0 saturated heterocycles. The van der Waals surface area contributed by atoms with Gasteiger partial charge >= 0.3 is 12.1 Å². The van der Waals surface area contributed by atoms with E-state index in [0.29, 0.717) is 51.5 Å². The maximum absolute atomic E-state index is 13.2. The first-order valence-electron chi connectivity index (χ1n) is 13.3. The summed E-state index contributed by atoms with van der Waals surface area (Å²) in [5, 5.41) is 16.3. The molecule has 0 aliphatic heterocycles. The molecule has 0 amide bonds. The highest BCUT2D eigenvalue weighted by molar-refractivity contribution is 6.31. The van der Waals surface area contributed by atoms with Crippen LogP contribution in [-0.4, -0.2) is 43.0 Å². The minimum atomic E-state index is -4.48. The number of halogens is 4. The fourth-order valence-electron chi connectivity index (χ4n) is 4.47. The Bertz CT molecular complexity index is 1760. The largest absolute Gasteiger partial charge is 0.493 e. The second-order valence-corrected chi connectivity index (χ2v) is 11.3. The summed E-state index contributed by atoms with van der Waals surface area (Å²) in [6.45, 7) is 5.10. The molecule has 2 heterocycles. The van der Waals surface area contributed by atoms with Crippen LogP contribution in [0.25, 0.3) is 28.2 Å². The third-order valence-electron chi connectivity index (χ3n) is 6.44. The average Bonchev–Trinajstić information content (AvgIpc) is 3.50. The lowest BCUT2D eigenvalue weighted by atomic mass is 10.00. The van der Waals surface area contributed by atoms with Gasteiger partial charge in [0, 0.05) is 16.1 Å². The number of imidazole rings is 1. The van der Waals surface area contributed by atoms with Gasteiger partial charge in [0.1, 0.15) is 17.0 Å². The number of fused-ring (bicyclic) bond motifs is 1. The highest BCUT2D eigenvalue weighted by atomic mass is 35.5. The topological polar surface area (TPSA) is 102 Å². The SMILES string of the molecule is CC(C)(C)OC(=O)COc1ccc(CCc2c(-c3ccc(C(F)(F)F)cc3)nn(-c3nc4cc(Cl)ccc4[nH]3)c2O)cc1. The van der Waals surface area contributed by atoms with E-state index >= 15 is 0 Å². The van der Waals surface area contributed by atoms with Crippen molar-refractivity contribution in [2.45, 2.75) is 45.4 Å². The van der Waals surface area contributed by atoms with Crippen molar-refractivity contribution in [3.63, 3.8) is 0 Å². The van der Waals surface area contributed by atoms with Crippen LogP contribution in [0.2, 0.25) is 5.02 Å². The Hall–Kier alpha value is -4.51. The van der Waals surface area contributed by atoms with E-state index in [4.69, 9.17) is 21.1 Å². The molecule has 2 aromatic heterocycles. The van der Waals surface area contributed by atoms with Gasteiger partial charge in [-0.2, -0.15) is 23.0 Å². The number of nitrogens with zero attached hydrogens (tertiary/aromatic N) is 3. The number of alkyl halides is 3. The molecule has 224 valence electrons. The number of benzene rings is 3. The van der Waals surface area contributed by atoms with E-state index in [1.165, 1.54) is 16.8 Å². The summed E-state index contributed by atoms with van der Waals surface area (Å²) in [5.74, 6) is 0.0335. The third kappa shape index (κ3) is 7.11. The fraction of sp³-hybridized carbons (Fsp3) is 0.258. The van der Waals surface area contributed by atoms with Crippen molar-refractivity contribution in [1.29, 1.82) is 0 Å². The molecule has 0 fully saturated rings. The number of aromatic hydroxyl groups is 1. The van der Waals surface area contributed by atoms with E-state index in [0.717, 1.165) is 17.7 Å². The van der Waals surface area contributed by atoms with Crippen molar-refractivity contribution < 1.29 is 32.5 Å². The summed E-state index contributed by atoms with van der Waals surface area (Å²) in [4.78, 5) is 19.5. The summed E-state index contributed by atoms with van der Waals surface area (Å²) in [5.41, 5.74) is 1.89. The molecule has 0 saturated carbocycles. The van der Waals surface area contributed by atoms with Crippen molar-refractivity contribution in [3.05, 3.63) is 88.4 Å². The molecular weight excluding hydrogens is 585 g/mol. The Labute approximate surface area is 250 Å². The van der Waals surface area contributed by atoms with Gasteiger partial charge < -0.3 is 19.6 Å². The first kappa shape index (κ1) is 30.0. The quantitative estimate of drug-likeness (QED) is 0.178. The van der Waals surface area contributed by atoms with Gasteiger partial charge in [-0.05, 0) is 81.6 Å². The summed E-state index contributed by atoms with van der Waals surface area (Å²) in [6, 6.07) is 16.8. The van der Waals surface area contributed by atoms with Crippen molar-refractivity contribution in [2.75, 3.05) is 6.61 Å². The van der Waals surface area contributed by atoms with Crippen molar-refractivity contribution in [2.24, 2.45) is 0 Å². The number of aromatic amines is 1. The highest BCUT2D eigenvalue weighted by Crippen LogP contribution is 2.35. The average molecular weight is 613 g/mol. The van der Waals surface area contributed by atoms with Crippen LogP contribution < -0.4 is 4.74 Å². The Kier molecular flexibility index (Phi) is 8.11. The molecule has 5 aromatic rings. The molecule has 0 unspecified atom stereocenters. The molecule has 0 atom stereocenters. The lowest BCUT2D eigenvalue weighted by Gasteiger charge is -2.19. The van der Waals surface area contributed by atoms with Gasteiger partial charge in [0.2, 0.25) is 11.8 Å². The lowest BCUT2D eigenvalue weighted by Crippen LogP contribution is -2.27. The van der Waals surface area contributed by atoms with E-state index in [1.807, 2.05) is 12.1 Å². The number of nitrogens with one attached hydrogen (secondary N) is 1. The van der Waals surface area contributed by atoms with Crippen molar-refractivity contribution >= 4 is 28.6 Å². The molecule has 8 nitrogen and oxygen atoms in total. The number of carbonyl (C=O) groups excluding carboxylic acids is 1. The van der Waals surface area contributed by atoms with E-state index in [9.17, 15) is 23.1 Å². The van der Waals surface area contributed by atoms with Gasteiger partial charge in [-0.15, -0.1) is 0 Å². The molecule has 5 rings (SSSR count). The number of aromatic nitrogens is 4. The normalized spacial score (nSPS) is 12.1. The van der Waals surface area contributed by atoms with E-state index < -0.39 is 23.3 Å². The molecule has 3 aromatic carbocycles. The zero-order valence-corrected chi connectivity index (χ0v) is 24.3. The Morgan fingerprint density at radius 1 is 1.00 bits per heavy atom. The first-order valence-corrected chi connectivity index (χ1v) is 13.7. The predicted molar refractivity (Wildman–Crippen MR) is 156 cm³/mol. The van der Waals surface area contributed by atoms with E-state index in [1.54, 1.807) is 51.1 Å². The van der Waals surface area contributed by atoms with Crippen LogP contribution in [0.4, 0.5) is 13.2 Å². The van der Waals surface area contributed by atoms with E-state index in [2.05, 4.69) is 15.1 Å². The number of hydrogen-bond donors (Lipinski definition) is 2. The van der Waals surface area contributed by atoms with Gasteiger partial charge in [-0.25, -0.2) is 9.78 Å². The van der Waals surface area contributed by atoms with Gasteiger partial charge in [-0.1, -0.05) is 35.9 Å². The van der Waals surface area contributed by atoms with Crippen LogP contribution >= 0.6 is 11.6 Å². The molecule has 43 heavy (non-hydrogen) atoms. The molecule has 0 spiro atoms. The Morgan fingerprint density at radius 3 is 2.35 bits per heavy atom. The van der Waals surface area contributed by atoms with Gasteiger partial charge in [-0.3, -0.25) is 0 Å². The summed E-state index contributed by atoms with van der Waals surface area (Å²) in [6.07, 6.45) is -3.71. The Morgan fingerprint density at radius 2 is 1.70 bits per heavy atom. The molecule has 2 N–H and O–H groups in total. The second kappa shape index (κ2) is 11.6. The zero-order chi connectivity index (χ0) is 30.9. The number of carbonyl (C=O) groups is 1. The molecular formula is C31H28ClF3N4O4. The lowest BCUT2D eigenvalue weighted by molar-refractivity contribution is -0.157. The monoisotopic (exact) mass is 612 g/mol. The zero-order valence-electron chi connectivity index (χ0n) is 23.5. The van der Waals surface area contributed by atoms with Crippen LogP contribution in [0.1, 0.15) is 37.5 Å². The standard InChI is InChI=1S/C31H28ClF3N4O4/c1-30(2,3)43-26(40)17-42-22-12-4-18(5-13-22)6-14-23-27(19-7-9-20(10-8-19)31(33,34)35)38-39(28(23)41)29-36-24-15-11-21(32)16-25(24)37-29/h4-5,7-13,15-16,41H,6,14,17H2,1-3H3,(H,36,37). The molecule has 0 bridgehead atoms. The number of rotatable bonds is 8. The summed E-state index contributed by atoms with van der Waals surface area (Å²) in [7, 11) is 0. The first-order chi connectivity index (χ1) is 20.3. The van der Waals surface area contributed by atoms with Crippen LogP contribution in [0.5, 0.6) is 11.6 Å². The number of H-pyrrole nitrogens is 1. The summed E-state index contributed by atoms with van der Waals surface area (Å²) >= 11 is 6.09. The minimum absolute atomic E-state index is 0.197. The van der Waals surface area contributed by atoms with E-state index in [-0.39, 0.29) is 18.4 Å². The fourth-order valence-corrected chi connectivity index (χ4v) is 4.64. The summed E-state index contributed by atoms with van der Waals surface area (Å²) < 4.78 is 51.6. The second-order valence-electron chi connectivity index (χ2n) is 10.9. The highest BCUT2D eigenvalue weighted by Gasteiger charge is 2.30. The number of hydrogen-bond acceptors (Lipinski definition) is 6. The molecule has 12 heteroatoms. The van der Waals surface area contributed by atoms with Gasteiger partial charge in [0.05, 0.1) is 16.6 Å². The molecule has 0 aliphatic carbocycles. The smallest absolute Gasteiger partial charge is 0.416 e. The number of esters is 1. The maximum Gasteiger partial charge on any atom is 0.416 e. The molecule has 0 aliphatic rings. The van der Waals surface area contributed by atoms with Crippen LogP contribution in [0, 0.1) is 0 Å². The van der Waals surface area contributed by atoms with Gasteiger partial charge in [0.25, 0.3) is 0 Å². The van der Waals surface area contributed by atoms with Crippen molar-refractivity contribution in [1.82, 2.24) is 19.7 Å². The number of aryl methyl sites for hydroxylation is 1. The minimum Gasteiger partial charge on any atom is -0.493 e. The predicted octanol–water partition coefficient (Wildman–Crippen LogP) is 7.30. The molecule has 0 radical (unpaired) electrons. The third-order valence-corrected chi connectivity index (χ3v) is 6.67.